The topological polar surface area (TPSA) is 60.4 Å². The quantitative estimate of drug-likeness (QED) is 0.722. The van der Waals surface area contributed by atoms with Crippen LogP contribution in [0.15, 0.2) is 0 Å². The van der Waals surface area contributed by atoms with E-state index in [-0.39, 0.29) is 17.0 Å². The number of ketones is 1. The Kier molecular flexibility index (Phi) is 2.90. The lowest BCUT2D eigenvalue weighted by Gasteiger charge is -2.36. The number of hydrogen-bond acceptors (Lipinski definition) is 4. The third kappa shape index (κ3) is 1.74. The number of fused-ring (bicyclic) bond motifs is 2. The Bertz CT molecular complexity index is 437. The zero-order valence-corrected chi connectivity index (χ0v) is 11.5. The lowest BCUT2D eigenvalue weighted by atomic mass is 9.67. The molecule has 4 nitrogen and oxygen atoms in total. The molecule has 17 heavy (non-hydrogen) atoms. The molecule has 2 bridgehead atoms. The SMILES string of the molecule is COS(=O)(=O)CCC12CCC(CC1=O)C2(C)C. The van der Waals surface area contributed by atoms with E-state index in [4.69, 9.17) is 0 Å². The molecule has 0 aromatic rings. The Balaban J connectivity index is 2.21. The number of Topliss-reactive ketones (excluding diaryl/α,β-unsaturated/α-hetero) is 1. The van der Waals surface area contributed by atoms with Crippen molar-refractivity contribution in [3.8, 4) is 0 Å². The molecule has 2 aliphatic carbocycles. The molecule has 5 heteroatoms. The minimum Gasteiger partial charge on any atom is -0.299 e. The first-order valence-electron chi connectivity index (χ1n) is 6.07. The fraction of sp³-hybridized carbons (Fsp3) is 0.917. The van der Waals surface area contributed by atoms with Crippen LogP contribution in [0.5, 0.6) is 0 Å². The fourth-order valence-electron chi connectivity index (χ4n) is 3.74. The van der Waals surface area contributed by atoms with Crippen LogP contribution in [-0.2, 0) is 19.1 Å². The van der Waals surface area contributed by atoms with Gasteiger partial charge in [-0.1, -0.05) is 13.8 Å². The van der Waals surface area contributed by atoms with Gasteiger partial charge in [0.15, 0.2) is 0 Å². The summed E-state index contributed by atoms with van der Waals surface area (Å²) in [6.07, 6.45) is 2.92. The first-order chi connectivity index (χ1) is 7.75. The molecule has 2 unspecified atom stereocenters. The van der Waals surface area contributed by atoms with Crippen LogP contribution in [0.1, 0.15) is 39.5 Å². The molecule has 0 saturated heterocycles. The van der Waals surface area contributed by atoms with E-state index in [0.717, 1.165) is 12.8 Å². The van der Waals surface area contributed by atoms with Gasteiger partial charge in [-0.3, -0.25) is 8.98 Å². The summed E-state index contributed by atoms with van der Waals surface area (Å²) in [5, 5.41) is 0. The summed E-state index contributed by atoms with van der Waals surface area (Å²) in [6, 6.07) is 0. The van der Waals surface area contributed by atoms with Crippen molar-refractivity contribution in [1.29, 1.82) is 0 Å². The summed E-state index contributed by atoms with van der Waals surface area (Å²) in [5.41, 5.74) is -0.489. The summed E-state index contributed by atoms with van der Waals surface area (Å²) >= 11 is 0. The lowest BCUT2D eigenvalue weighted by Crippen LogP contribution is -2.37. The molecule has 0 N–H and O–H groups in total. The number of carbonyl (C=O) groups excluding carboxylic acids is 1. The Labute approximate surface area is 103 Å². The van der Waals surface area contributed by atoms with Gasteiger partial charge in [-0.05, 0) is 30.6 Å². The molecule has 2 fully saturated rings. The van der Waals surface area contributed by atoms with Gasteiger partial charge in [-0.25, -0.2) is 0 Å². The Hall–Kier alpha value is -0.420. The Morgan fingerprint density at radius 2 is 2.06 bits per heavy atom. The summed E-state index contributed by atoms with van der Waals surface area (Å²) in [5.74, 6) is 0.635. The minimum absolute atomic E-state index is 0.0502. The standard InChI is InChI=1S/C12H20O4S/c1-11(2)9-4-5-12(11,10(13)8-9)6-7-17(14,15)16-3/h9H,4-8H2,1-3H3. The number of carbonyl (C=O) groups is 1. The van der Waals surface area contributed by atoms with Crippen molar-refractivity contribution in [3.63, 3.8) is 0 Å². The van der Waals surface area contributed by atoms with E-state index in [1.165, 1.54) is 7.11 Å². The maximum absolute atomic E-state index is 12.1. The van der Waals surface area contributed by atoms with E-state index in [1.54, 1.807) is 0 Å². The highest BCUT2D eigenvalue weighted by molar-refractivity contribution is 7.86. The molecular weight excluding hydrogens is 240 g/mol. The van der Waals surface area contributed by atoms with Gasteiger partial charge in [0.1, 0.15) is 5.78 Å². The van der Waals surface area contributed by atoms with E-state index in [2.05, 4.69) is 18.0 Å². The molecular formula is C12H20O4S. The average molecular weight is 260 g/mol. The highest BCUT2D eigenvalue weighted by Crippen LogP contribution is 2.65. The molecule has 0 heterocycles. The molecule has 0 amide bonds. The average Bonchev–Trinajstić information content (AvgIpc) is 2.60. The van der Waals surface area contributed by atoms with E-state index in [0.29, 0.717) is 18.8 Å². The van der Waals surface area contributed by atoms with Crippen molar-refractivity contribution in [2.45, 2.75) is 39.5 Å². The van der Waals surface area contributed by atoms with Gasteiger partial charge < -0.3 is 0 Å². The van der Waals surface area contributed by atoms with Crippen molar-refractivity contribution in [3.05, 3.63) is 0 Å². The van der Waals surface area contributed by atoms with E-state index >= 15 is 0 Å². The zero-order valence-electron chi connectivity index (χ0n) is 10.7. The third-order valence-electron chi connectivity index (χ3n) is 5.17. The van der Waals surface area contributed by atoms with E-state index in [1.807, 2.05) is 0 Å². The van der Waals surface area contributed by atoms with Crippen molar-refractivity contribution < 1.29 is 17.4 Å². The predicted octanol–water partition coefficient (Wildman–Crippen LogP) is 1.75. The summed E-state index contributed by atoms with van der Waals surface area (Å²) in [6.45, 7) is 4.21. The fourth-order valence-corrected chi connectivity index (χ4v) is 4.50. The van der Waals surface area contributed by atoms with Gasteiger partial charge in [0.05, 0.1) is 12.9 Å². The number of rotatable bonds is 4. The van der Waals surface area contributed by atoms with Gasteiger partial charge in [0, 0.05) is 11.8 Å². The van der Waals surface area contributed by atoms with Gasteiger partial charge in [-0.15, -0.1) is 0 Å². The minimum atomic E-state index is -3.46. The van der Waals surface area contributed by atoms with E-state index in [9.17, 15) is 13.2 Å². The zero-order chi connectivity index (χ0) is 12.9. The molecule has 98 valence electrons. The van der Waals surface area contributed by atoms with Gasteiger partial charge in [0.2, 0.25) is 0 Å². The van der Waals surface area contributed by atoms with Crippen LogP contribution in [0, 0.1) is 16.7 Å². The lowest BCUT2D eigenvalue weighted by molar-refractivity contribution is -0.129. The van der Waals surface area contributed by atoms with E-state index < -0.39 is 15.5 Å². The largest absolute Gasteiger partial charge is 0.299 e. The summed E-state index contributed by atoms with van der Waals surface area (Å²) in [4.78, 5) is 12.1. The van der Waals surface area contributed by atoms with Gasteiger partial charge in [0.25, 0.3) is 10.1 Å². The van der Waals surface area contributed by atoms with Crippen molar-refractivity contribution in [1.82, 2.24) is 0 Å². The summed E-state index contributed by atoms with van der Waals surface area (Å²) in [7, 11) is -2.29. The molecule has 0 aliphatic heterocycles. The van der Waals surface area contributed by atoms with Crippen LogP contribution < -0.4 is 0 Å². The maximum atomic E-state index is 12.1. The maximum Gasteiger partial charge on any atom is 0.267 e. The Morgan fingerprint density at radius 3 is 2.47 bits per heavy atom. The molecule has 2 saturated carbocycles. The highest BCUT2D eigenvalue weighted by Gasteiger charge is 2.63. The smallest absolute Gasteiger partial charge is 0.267 e. The highest BCUT2D eigenvalue weighted by atomic mass is 32.2. The van der Waals surface area contributed by atoms with Crippen molar-refractivity contribution in [2.24, 2.45) is 16.7 Å². The second-order valence-corrected chi connectivity index (χ2v) is 7.70. The third-order valence-corrected chi connectivity index (χ3v) is 6.38. The second-order valence-electron chi connectivity index (χ2n) is 5.85. The monoisotopic (exact) mass is 260 g/mol. The van der Waals surface area contributed by atoms with Crippen LogP contribution in [0.2, 0.25) is 0 Å². The van der Waals surface area contributed by atoms with Crippen LogP contribution in [-0.4, -0.2) is 27.1 Å². The van der Waals surface area contributed by atoms with Crippen LogP contribution >= 0.6 is 0 Å². The number of hydrogen-bond donors (Lipinski definition) is 0. The first kappa shape index (κ1) is 13.0. The Morgan fingerprint density at radius 1 is 1.41 bits per heavy atom. The van der Waals surface area contributed by atoms with Crippen molar-refractivity contribution >= 4 is 15.9 Å². The van der Waals surface area contributed by atoms with Crippen molar-refractivity contribution in [2.75, 3.05) is 12.9 Å². The molecule has 0 aromatic carbocycles. The van der Waals surface area contributed by atoms with Gasteiger partial charge in [-0.2, -0.15) is 8.42 Å². The molecule has 0 spiro atoms. The van der Waals surface area contributed by atoms with Crippen LogP contribution in [0.3, 0.4) is 0 Å². The second kappa shape index (κ2) is 3.79. The molecule has 0 radical (unpaired) electrons. The summed E-state index contributed by atoms with van der Waals surface area (Å²) < 4.78 is 27.3. The first-order valence-corrected chi connectivity index (χ1v) is 7.64. The molecule has 0 aromatic heterocycles. The molecule has 2 atom stereocenters. The van der Waals surface area contributed by atoms with Crippen LogP contribution in [0.4, 0.5) is 0 Å². The van der Waals surface area contributed by atoms with Gasteiger partial charge >= 0.3 is 0 Å². The molecule has 2 rings (SSSR count). The normalized spacial score (nSPS) is 35.5. The molecule has 2 aliphatic rings. The predicted molar refractivity (Wildman–Crippen MR) is 64.0 cm³/mol. The van der Waals surface area contributed by atoms with Crippen LogP contribution in [0.25, 0.3) is 0 Å².